The van der Waals surface area contributed by atoms with Crippen molar-refractivity contribution in [3.05, 3.63) is 114 Å². The highest BCUT2D eigenvalue weighted by Gasteiger charge is 2.43. The van der Waals surface area contributed by atoms with Gasteiger partial charge in [0.2, 0.25) is 47.3 Å². The van der Waals surface area contributed by atoms with Crippen molar-refractivity contribution in [1.29, 1.82) is 0 Å². The van der Waals surface area contributed by atoms with E-state index in [1.165, 1.54) is 11.8 Å². The fourth-order valence-corrected chi connectivity index (χ4v) is 8.74. The van der Waals surface area contributed by atoms with Crippen molar-refractivity contribution in [3.8, 4) is 0 Å². The average molecular weight is 1030 g/mol. The van der Waals surface area contributed by atoms with Gasteiger partial charge in [-0.15, -0.1) is 0 Å². The maximum Gasteiger partial charge on any atom is 0.246 e. The Hall–Kier alpha value is -8.63. The molecule has 1 aromatic heterocycles. The highest BCUT2D eigenvalue weighted by Crippen LogP contribution is 2.23. The number of hydrogen-bond acceptors (Lipinski definition) is 11. The summed E-state index contributed by atoms with van der Waals surface area (Å²) in [6.45, 7) is 1.78. The molecule has 1 aliphatic rings. The number of aryl methyl sites for hydroxylation is 1. The molecule has 0 radical (unpaired) electrons. The van der Waals surface area contributed by atoms with Crippen LogP contribution in [0.2, 0.25) is 0 Å². The molecule has 0 unspecified atom stereocenters. The molecular weight excluding hydrogens is 963 g/mol. The highest BCUT2D eigenvalue weighted by atomic mass is 16.2. The van der Waals surface area contributed by atoms with E-state index < -0.39 is 89.4 Å². The molecule has 400 valence electrons. The summed E-state index contributed by atoms with van der Waals surface area (Å²) in [6.07, 6.45) is 4.02. The van der Waals surface area contributed by atoms with Crippen LogP contribution in [0.25, 0.3) is 10.8 Å². The number of nitrogens with zero attached hydrogens (tertiary/aromatic N) is 4. The van der Waals surface area contributed by atoms with E-state index in [1.807, 2.05) is 48.5 Å². The van der Waals surface area contributed by atoms with E-state index in [0.717, 1.165) is 21.9 Å². The maximum absolute atomic E-state index is 15.0. The third-order valence-electron chi connectivity index (χ3n) is 12.6. The van der Waals surface area contributed by atoms with Crippen LogP contribution in [0.5, 0.6) is 0 Å². The number of nitrogens with two attached hydrogens (primary N) is 6. The van der Waals surface area contributed by atoms with Crippen molar-refractivity contribution < 1.29 is 38.4 Å². The van der Waals surface area contributed by atoms with Crippen molar-refractivity contribution in [2.45, 2.75) is 113 Å². The highest BCUT2D eigenvalue weighted by molar-refractivity contribution is 5.99. The first-order chi connectivity index (χ1) is 35.8. The van der Waals surface area contributed by atoms with Crippen LogP contribution in [0, 0.1) is 0 Å². The van der Waals surface area contributed by atoms with Crippen LogP contribution >= 0.6 is 0 Å². The fourth-order valence-electron chi connectivity index (χ4n) is 8.74. The normalized spacial score (nSPS) is 15.4. The van der Waals surface area contributed by atoms with E-state index in [9.17, 15) is 33.6 Å². The van der Waals surface area contributed by atoms with Gasteiger partial charge in [0.05, 0.1) is 6.42 Å². The molecule has 3 aromatic carbocycles. The number of nitrogens with one attached hydrogen (secondary N) is 5. The predicted octanol–water partition coefficient (Wildman–Crippen LogP) is -1.07. The van der Waals surface area contributed by atoms with Gasteiger partial charge in [-0.2, -0.15) is 0 Å². The molecule has 8 amide bonds. The summed E-state index contributed by atoms with van der Waals surface area (Å²) in [5, 5.41) is 15.7. The van der Waals surface area contributed by atoms with Gasteiger partial charge in [0.15, 0.2) is 11.9 Å². The van der Waals surface area contributed by atoms with Gasteiger partial charge in [0.1, 0.15) is 35.7 Å². The lowest BCUT2D eigenvalue weighted by atomic mass is 9.90. The molecule has 0 saturated carbocycles. The molecule has 1 aliphatic heterocycles. The fraction of sp³-hybridized carbons (Fsp3) is 0.404. The van der Waals surface area contributed by atoms with Crippen LogP contribution in [-0.4, -0.2) is 124 Å². The molecular formula is C52H69N15O8. The summed E-state index contributed by atoms with van der Waals surface area (Å²) in [6, 6.07) is 19.7. The van der Waals surface area contributed by atoms with E-state index in [4.69, 9.17) is 34.4 Å². The quantitative estimate of drug-likeness (QED) is 0.0184. The van der Waals surface area contributed by atoms with Crippen molar-refractivity contribution in [1.82, 2.24) is 36.5 Å². The van der Waals surface area contributed by atoms with Crippen LogP contribution in [0.1, 0.15) is 75.0 Å². The first kappa shape index (κ1) is 57.3. The minimum Gasteiger partial charge on any atom is -0.370 e. The van der Waals surface area contributed by atoms with E-state index in [-0.39, 0.29) is 82.9 Å². The Balaban J connectivity index is 1.43. The number of fused-ring (bicyclic) bond motifs is 1. The molecule has 23 heteroatoms. The van der Waals surface area contributed by atoms with Crippen molar-refractivity contribution in [3.63, 3.8) is 0 Å². The van der Waals surface area contributed by atoms with Crippen LogP contribution in [-0.2, 0) is 57.6 Å². The van der Waals surface area contributed by atoms with Crippen LogP contribution in [0.15, 0.2) is 107 Å². The van der Waals surface area contributed by atoms with Crippen LogP contribution < -0.4 is 61.0 Å². The average Bonchev–Trinajstić information content (AvgIpc) is 3.87. The Morgan fingerprint density at radius 2 is 1.35 bits per heavy atom. The lowest BCUT2D eigenvalue weighted by Gasteiger charge is -2.35. The number of primary amides is 2. The number of carbonyl (C=O) groups excluding carboxylic acids is 8. The zero-order valence-electron chi connectivity index (χ0n) is 42.0. The summed E-state index contributed by atoms with van der Waals surface area (Å²) >= 11 is 0. The number of benzene rings is 3. The third kappa shape index (κ3) is 18.1. The van der Waals surface area contributed by atoms with E-state index in [1.54, 1.807) is 48.8 Å². The van der Waals surface area contributed by atoms with E-state index in [0.29, 0.717) is 18.4 Å². The van der Waals surface area contributed by atoms with Crippen molar-refractivity contribution in [2.24, 2.45) is 44.4 Å². The van der Waals surface area contributed by atoms with E-state index in [2.05, 4.69) is 41.6 Å². The number of guanidine groups is 2. The monoisotopic (exact) mass is 1030 g/mol. The lowest BCUT2D eigenvalue weighted by molar-refractivity contribution is -0.143. The number of rotatable bonds is 28. The second-order valence-corrected chi connectivity index (χ2v) is 18.7. The smallest absolute Gasteiger partial charge is 0.246 e. The molecule has 1 fully saturated rings. The number of carbonyl (C=O) groups is 8. The van der Waals surface area contributed by atoms with E-state index >= 15 is 4.79 Å². The first-order valence-corrected chi connectivity index (χ1v) is 24.7. The molecule has 0 bridgehead atoms. The topological polar surface area (TPSA) is 394 Å². The molecule has 4 aromatic rings. The number of pyridine rings is 1. The largest absolute Gasteiger partial charge is 0.370 e. The standard InChI is InChI=1S/C52H69N15O8/c1-52(30-32-11-3-2-4-12-32,66-46(72)40(62-43(69)22-20-33-13-7-23-59-31-33)28-34-19-21-35-14-5-6-15-36(35)27-34)49(75)65-38(17-9-25-61-51(57)58)48(74)67-26-10-18-41(67)47(73)63-37(16-8-24-60-50(55)56)45(71)64-39(44(54)70)29-42(53)68/h2-7,11-15,19,21,23,27,31,37-41H,8-10,16-18,20,22,24-26,28-30H2,1H3,(H2,53,68)(H2,54,70)(H,62,69)(H,63,73)(H,64,71)(H,65,75)(H,66,72)(H4,55,56,60)(H4,57,58,61)/t37-,38-,39-,40-,41-,52-/m0/s1. The number of likely N-dealkylation sites (tertiary alicyclic amines) is 1. The zero-order valence-corrected chi connectivity index (χ0v) is 42.0. The molecule has 75 heavy (non-hydrogen) atoms. The summed E-state index contributed by atoms with van der Waals surface area (Å²) < 4.78 is 0. The van der Waals surface area contributed by atoms with Gasteiger partial charge in [-0.1, -0.05) is 78.9 Å². The second-order valence-electron chi connectivity index (χ2n) is 18.7. The number of aliphatic imine (C=N–C) groups is 2. The van der Waals surface area contributed by atoms with Crippen molar-refractivity contribution >= 4 is 69.9 Å². The molecule has 1 saturated heterocycles. The van der Waals surface area contributed by atoms with Crippen LogP contribution in [0.4, 0.5) is 0 Å². The van der Waals surface area contributed by atoms with Gasteiger partial charge in [0.25, 0.3) is 0 Å². The summed E-state index contributed by atoms with van der Waals surface area (Å²) in [5.74, 6) is -6.36. The van der Waals surface area contributed by atoms with Gasteiger partial charge in [-0.3, -0.25) is 53.3 Å². The van der Waals surface area contributed by atoms with Gasteiger partial charge in [-0.25, -0.2) is 0 Å². The molecule has 6 atom stereocenters. The Morgan fingerprint density at radius 3 is 1.99 bits per heavy atom. The number of hydrogen-bond donors (Lipinski definition) is 11. The minimum atomic E-state index is -1.75. The second kappa shape index (κ2) is 28.0. The lowest BCUT2D eigenvalue weighted by Crippen LogP contribution is -2.64. The SMILES string of the molecule is C[C@@](Cc1ccccc1)(NC(=O)[C@H](Cc1ccc2ccccc2c1)NC(=O)CCc1cccnc1)C(=O)N[C@@H](CCCN=C(N)N)C(=O)N1CCC[C@H]1C(=O)N[C@@H](CCCN=C(N)N)C(=O)N[C@@H](CC(N)=O)C(N)=O. The Bertz CT molecular complexity index is 2700. The number of amides is 8. The number of aromatic nitrogens is 1. The van der Waals surface area contributed by atoms with Crippen molar-refractivity contribution in [2.75, 3.05) is 19.6 Å². The van der Waals surface area contributed by atoms with Gasteiger partial charge in [-0.05, 0) is 85.4 Å². The van der Waals surface area contributed by atoms with Crippen LogP contribution in [0.3, 0.4) is 0 Å². The molecule has 0 spiro atoms. The predicted molar refractivity (Wildman–Crippen MR) is 282 cm³/mol. The van der Waals surface area contributed by atoms with Gasteiger partial charge in [0, 0.05) is 51.3 Å². The first-order valence-electron chi connectivity index (χ1n) is 24.7. The molecule has 0 aliphatic carbocycles. The molecule has 23 nitrogen and oxygen atoms in total. The molecule has 2 heterocycles. The zero-order chi connectivity index (χ0) is 54.5. The summed E-state index contributed by atoms with van der Waals surface area (Å²) in [5.41, 5.74) is 33.3. The molecule has 17 N–H and O–H groups in total. The minimum absolute atomic E-state index is 0.0106. The Kier molecular flexibility index (Phi) is 21.4. The summed E-state index contributed by atoms with van der Waals surface area (Å²) in [7, 11) is 0. The summed E-state index contributed by atoms with van der Waals surface area (Å²) in [4.78, 5) is 123. The Morgan fingerprint density at radius 1 is 0.693 bits per heavy atom. The third-order valence-corrected chi connectivity index (χ3v) is 12.6. The molecule has 5 rings (SSSR count). The van der Waals surface area contributed by atoms with Gasteiger partial charge < -0.3 is 65.9 Å². The van der Waals surface area contributed by atoms with Gasteiger partial charge >= 0.3 is 0 Å². The maximum atomic E-state index is 15.0. The Labute approximate surface area is 434 Å².